The molecule has 0 atom stereocenters. The van der Waals surface area contributed by atoms with E-state index >= 15 is 0 Å². The van der Waals surface area contributed by atoms with Crippen molar-refractivity contribution >= 4 is 23.4 Å². The lowest BCUT2D eigenvalue weighted by Crippen LogP contribution is -2.50. The molecule has 1 aromatic rings. The fourth-order valence-electron chi connectivity index (χ4n) is 4.69. The fourth-order valence-corrected chi connectivity index (χ4v) is 4.94. The molecule has 0 unspecified atom stereocenters. The van der Waals surface area contributed by atoms with Crippen molar-refractivity contribution in [1.29, 1.82) is 0 Å². The highest BCUT2D eigenvalue weighted by atomic mass is 35.5. The van der Waals surface area contributed by atoms with Crippen LogP contribution in [0.4, 0.5) is 0 Å². The van der Waals surface area contributed by atoms with Crippen LogP contribution in [0.2, 0.25) is 5.02 Å². The van der Waals surface area contributed by atoms with Gasteiger partial charge in [0.1, 0.15) is 11.9 Å². The molecule has 3 fully saturated rings. The molecule has 1 aromatic carbocycles. The summed E-state index contributed by atoms with van der Waals surface area (Å²) in [5.74, 6) is 0.205. The first-order valence-corrected chi connectivity index (χ1v) is 11.2. The molecule has 2 saturated heterocycles. The molecule has 1 saturated carbocycles. The van der Waals surface area contributed by atoms with E-state index in [0.717, 1.165) is 18.6 Å². The predicted octanol–water partition coefficient (Wildman–Crippen LogP) is 3.07. The van der Waals surface area contributed by atoms with Gasteiger partial charge in [0.25, 0.3) is 5.91 Å². The summed E-state index contributed by atoms with van der Waals surface area (Å²) >= 11 is 6.41. The summed E-state index contributed by atoms with van der Waals surface area (Å²) < 4.78 is 6.09. The summed E-state index contributed by atoms with van der Waals surface area (Å²) in [6.45, 7) is 3.50. The van der Waals surface area contributed by atoms with Gasteiger partial charge >= 0.3 is 0 Å². The van der Waals surface area contributed by atoms with Crippen molar-refractivity contribution < 1.29 is 14.3 Å². The molecule has 7 heteroatoms. The van der Waals surface area contributed by atoms with Crippen LogP contribution >= 0.6 is 11.6 Å². The molecule has 3 aliphatic rings. The summed E-state index contributed by atoms with van der Waals surface area (Å²) in [7, 11) is 0. The monoisotopic (exact) mass is 419 g/mol. The average Bonchev–Trinajstić information content (AvgIpc) is 2.70. The van der Waals surface area contributed by atoms with Crippen molar-refractivity contribution in [2.24, 2.45) is 11.7 Å². The van der Waals surface area contributed by atoms with Crippen molar-refractivity contribution in [3.05, 3.63) is 28.8 Å². The quantitative estimate of drug-likeness (QED) is 0.795. The highest BCUT2D eigenvalue weighted by molar-refractivity contribution is 6.34. The van der Waals surface area contributed by atoms with Gasteiger partial charge in [-0.3, -0.25) is 9.59 Å². The van der Waals surface area contributed by atoms with Crippen LogP contribution in [-0.2, 0) is 4.79 Å². The van der Waals surface area contributed by atoms with E-state index in [1.165, 1.54) is 32.4 Å². The number of rotatable bonds is 5. The number of hydrogen-bond donors (Lipinski definition) is 1. The Bertz CT molecular complexity index is 752. The van der Waals surface area contributed by atoms with Gasteiger partial charge in [-0.15, -0.1) is 0 Å². The van der Waals surface area contributed by atoms with E-state index in [4.69, 9.17) is 22.1 Å². The Morgan fingerprint density at radius 1 is 1.03 bits per heavy atom. The molecule has 2 amide bonds. The minimum Gasteiger partial charge on any atom is -0.490 e. The third kappa shape index (κ3) is 4.69. The Kier molecular flexibility index (Phi) is 6.30. The number of ether oxygens (including phenoxy) is 1. The first-order valence-electron chi connectivity index (χ1n) is 10.8. The van der Waals surface area contributed by atoms with Crippen LogP contribution in [0.25, 0.3) is 0 Å². The number of halogens is 1. The molecular formula is C22H30ClN3O3. The molecule has 29 heavy (non-hydrogen) atoms. The van der Waals surface area contributed by atoms with Crippen LogP contribution in [0.5, 0.6) is 5.75 Å². The van der Waals surface area contributed by atoms with Crippen LogP contribution in [0.1, 0.15) is 55.3 Å². The number of piperidine rings is 2. The summed E-state index contributed by atoms with van der Waals surface area (Å²) in [5.41, 5.74) is 5.85. The molecule has 2 N–H and O–H groups in total. The zero-order valence-electron chi connectivity index (χ0n) is 16.8. The van der Waals surface area contributed by atoms with Crippen LogP contribution < -0.4 is 10.5 Å². The molecule has 0 radical (unpaired) electrons. The molecule has 0 spiro atoms. The highest BCUT2D eigenvalue weighted by Crippen LogP contribution is 2.33. The number of carbonyl (C=O) groups excluding carboxylic acids is 2. The van der Waals surface area contributed by atoms with E-state index in [1.54, 1.807) is 17.0 Å². The number of amides is 2. The lowest BCUT2D eigenvalue weighted by Gasteiger charge is -2.44. The Hall–Kier alpha value is -1.79. The summed E-state index contributed by atoms with van der Waals surface area (Å²) in [6.07, 6.45) is 7.56. The van der Waals surface area contributed by atoms with Gasteiger partial charge in [0.15, 0.2) is 0 Å². The van der Waals surface area contributed by atoms with Crippen LogP contribution in [-0.4, -0.2) is 59.9 Å². The van der Waals surface area contributed by atoms with Gasteiger partial charge in [0.05, 0.1) is 10.6 Å². The second-order valence-corrected chi connectivity index (χ2v) is 8.98. The van der Waals surface area contributed by atoms with Gasteiger partial charge in [0, 0.05) is 37.9 Å². The van der Waals surface area contributed by atoms with Gasteiger partial charge in [-0.05, 0) is 57.0 Å². The fraction of sp³-hybridized carbons (Fsp3) is 0.636. The van der Waals surface area contributed by atoms with E-state index in [9.17, 15) is 9.59 Å². The third-order valence-electron chi connectivity index (χ3n) is 6.64. The average molecular weight is 420 g/mol. The molecule has 4 rings (SSSR count). The van der Waals surface area contributed by atoms with Gasteiger partial charge < -0.3 is 20.3 Å². The standard InChI is InChI=1S/C22H30ClN3O3/c23-20-14-17(29-18-12-16(13-18)25-8-2-1-3-9-25)4-5-19(20)22(28)26-10-6-15(7-11-26)21(24)27/h4-5,14-16,18H,1-3,6-13H2,(H2,24,27)/t16-,18-. The molecule has 2 aliphatic heterocycles. The lowest BCUT2D eigenvalue weighted by molar-refractivity contribution is -0.123. The number of carbonyl (C=O) groups is 2. The number of hydrogen-bond acceptors (Lipinski definition) is 4. The highest BCUT2D eigenvalue weighted by Gasteiger charge is 2.35. The maximum Gasteiger partial charge on any atom is 0.255 e. The van der Waals surface area contributed by atoms with Crippen molar-refractivity contribution in [2.75, 3.05) is 26.2 Å². The summed E-state index contributed by atoms with van der Waals surface area (Å²) in [4.78, 5) is 28.4. The number of benzene rings is 1. The topological polar surface area (TPSA) is 75.9 Å². The zero-order valence-corrected chi connectivity index (χ0v) is 17.6. The SMILES string of the molecule is NC(=O)C1CCN(C(=O)c2ccc(O[C@H]3C[C@H](N4CCCCC4)C3)cc2Cl)CC1. The summed E-state index contributed by atoms with van der Waals surface area (Å²) in [6, 6.07) is 5.99. The lowest BCUT2D eigenvalue weighted by atomic mass is 9.86. The van der Waals surface area contributed by atoms with E-state index in [-0.39, 0.29) is 23.8 Å². The Morgan fingerprint density at radius 3 is 2.34 bits per heavy atom. The van der Waals surface area contributed by atoms with E-state index in [0.29, 0.717) is 42.6 Å². The number of likely N-dealkylation sites (tertiary alicyclic amines) is 2. The zero-order chi connectivity index (χ0) is 20.4. The number of nitrogens with zero attached hydrogens (tertiary/aromatic N) is 2. The second-order valence-electron chi connectivity index (χ2n) is 8.57. The molecule has 6 nitrogen and oxygen atoms in total. The van der Waals surface area contributed by atoms with E-state index in [2.05, 4.69) is 4.90 Å². The van der Waals surface area contributed by atoms with Crippen molar-refractivity contribution in [3.63, 3.8) is 0 Å². The van der Waals surface area contributed by atoms with Crippen molar-refractivity contribution in [3.8, 4) is 5.75 Å². The molecule has 0 bridgehead atoms. The van der Waals surface area contributed by atoms with Crippen LogP contribution in [0.3, 0.4) is 0 Å². The van der Waals surface area contributed by atoms with Gasteiger partial charge in [-0.1, -0.05) is 18.0 Å². The normalized spacial score (nSPS) is 26.0. The molecular weight excluding hydrogens is 390 g/mol. The van der Waals surface area contributed by atoms with Crippen LogP contribution in [0.15, 0.2) is 18.2 Å². The third-order valence-corrected chi connectivity index (χ3v) is 6.95. The smallest absolute Gasteiger partial charge is 0.255 e. The molecule has 2 heterocycles. The van der Waals surface area contributed by atoms with E-state index in [1.807, 2.05) is 6.07 Å². The Morgan fingerprint density at radius 2 is 1.72 bits per heavy atom. The minimum atomic E-state index is -0.282. The van der Waals surface area contributed by atoms with Gasteiger partial charge in [0.2, 0.25) is 5.91 Å². The largest absolute Gasteiger partial charge is 0.490 e. The number of primary amides is 1. The molecule has 158 valence electrons. The first-order chi connectivity index (χ1) is 14.0. The van der Waals surface area contributed by atoms with E-state index < -0.39 is 0 Å². The van der Waals surface area contributed by atoms with Crippen LogP contribution in [0, 0.1) is 5.92 Å². The van der Waals surface area contributed by atoms with Crippen molar-refractivity contribution in [1.82, 2.24) is 9.80 Å². The second kappa shape index (κ2) is 8.92. The van der Waals surface area contributed by atoms with Gasteiger partial charge in [-0.25, -0.2) is 0 Å². The first kappa shape index (κ1) is 20.5. The Balaban J connectivity index is 1.29. The summed E-state index contributed by atoms with van der Waals surface area (Å²) in [5, 5.41) is 0.413. The van der Waals surface area contributed by atoms with Crippen molar-refractivity contribution in [2.45, 2.75) is 57.1 Å². The van der Waals surface area contributed by atoms with Gasteiger partial charge in [-0.2, -0.15) is 0 Å². The maximum atomic E-state index is 12.8. The minimum absolute atomic E-state index is 0.0988. The predicted molar refractivity (Wildman–Crippen MR) is 112 cm³/mol. The number of nitrogens with two attached hydrogens (primary N) is 1. The molecule has 0 aromatic heterocycles. The Labute approximate surface area is 177 Å². The maximum absolute atomic E-state index is 12.8. The molecule has 1 aliphatic carbocycles.